The topological polar surface area (TPSA) is 82.8 Å². The minimum absolute atomic E-state index is 0.530. The first-order valence-corrected chi connectivity index (χ1v) is 8.92. The van der Waals surface area contributed by atoms with Gasteiger partial charge < -0.3 is 10.3 Å². The Morgan fingerprint density at radius 3 is 2.83 bits per heavy atom. The third-order valence-electron chi connectivity index (χ3n) is 3.41. The maximum atomic E-state index is 6.13. The number of hydrogen-bond acceptors (Lipinski definition) is 6. The van der Waals surface area contributed by atoms with Crippen LogP contribution in [0.3, 0.4) is 0 Å². The van der Waals surface area contributed by atoms with Gasteiger partial charge in [0.25, 0.3) is 0 Å². The lowest BCUT2D eigenvalue weighted by molar-refractivity contribution is 0.556. The summed E-state index contributed by atoms with van der Waals surface area (Å²) in [6.07, 6.45) is 0. The zero-order valence-electron chi connectivity index (χ0n) is 12.4. The fourth-order valence-electron chi connectivity index (χ4n) is 2.31. The van der Waals surface area contributed by atoms with Crippen LogP contribution in [-0.4, -0.2) is 19.9 Å². The molecule has 0 fully saturated rings. The van der Waals surface area contributed by atoms with Crippen molar-refractivity contribution in [3.63, 3.8) is 0 Å². The second kappa shape index (κ2) is 6.29. The molecule has 4 aromatic rings. The van der Waals surface area contributed by atoms with Gasteiger partial charge in [0.15, 0.2) is 11.4 Å². The van der Waals surface area contributed by atoms with Crippen LogP contribution >= 0.6 is 27.7 Å². The Balaban J connectivity index is 1.55. The Morgan fingerprint density at radius 1 is 1.12 bits per heavy atom. The lowest BCUT2D eigenvalue weighted by Crippen LogP contribution is -2.11. The highest BCUT2D eigenvalue weighted by atomic mass is 79.9. The average molecular weight is 402 g/mol. The molecule has 0 bridgehead atoms. The van der Waals surface area contributed by atoms with Gasteiger partial charge in [0, 0.05) is 10.0 Å². The number of oxazole rings is 1. The molecule has 24 heavy (non-hydrogen) atoms. The quantitative estimate of drug-likeness (QED) is 0.412. The molecule has 0 amide bonds. The van der Waals surface area contributed by atoms with Gasteiger partial charge in [-0.3, -0.25) is 0 Å². The molecule has 0 atom stereocenters. The Morgan fingerprint density at radius 2 is 2.00 bits per heavy atom. The van der Waals surface area contributed by atoms with Crippen LogP contribution in [0.2, 0.25) is 0 Å². The fourth-order valence-corrected chi connectivity index (χ4v) is 3.41. The summed E-state index contributed by atoms with van der Waals surface area (Å²) in [5.41, 5.74) is 2.52. The molecule has 120 valence electrons. The first-order valence-electron chi connectivity index (χ1n) is 7.14. The number of halogens is 1. The van der Waals surface area contributed by atoms with Crippen molar-refractivity contribution in [1.82, 2.24) is 19.9 Å². The van der Waals surface area contributed by atoms with Gasteiger partial charge in [0.2, 0.25) is 11.0 Å². The van der Waals surface area contributed by atoms with E-state index in [1.165, 1.54) is 16.4 Å². The molecule has 0 unspecified atom stereocenters. The summed E-state index contributed by atoms with van der Waals surface area (Å²) < 4.78 is 8.14. The molecule has 6 nitrogen and oxygen atoms in total. The Kier molecular flexibility index (Phi) is 3.99. The van der Waals surface area contributed by atoms with Crippen LogP contribution in [0.15, 0.2) is 62.6 Å². The summed E-state index contributed by atoms with van der Waals surface area (Å²) in [6.45, 7) is 0. The van der Waals surface area contributed by atoms with Crippen molar-refractivity contribution in [3.05, 3.63) is 58.9 Å². The predicted molar refractivity (Wildman–Crippen MR) is 96.9 cm³/mol. The summed E-state index contributed by atoms with van der Waals surface area (Å²) >= 11 is 4.88. The molecule has 2 aromatic carbocycles. The normalized spacial score (nSPS) is 11.2. The molecular formula is C16H12BrN5OS. The number of thioether (sulfide) groups is 1. The minimum Gasteiger partial charge on any atom is -0.440 e. The highest BCUT2D eigenvalue weighted by Gasteiger charge is 2.14. The van der Waals surface area contributed by atoms with E-state index >= 15 is 0 Å². The molecule has 0 aliphatic rings. The second-order valence-electron chi connectivity index (χ2n) is 5.05. The number of nitrogens with two attached hydrogens (primary N) is 1. The van der Waals surface area contributed by atoms with Crippen molar-refractivity contribution in [3.8, 4) is 11.4 Å². The van der Waals surface area contributed by atoms with E-state index in [4.69, 9.17) is 10.3 Å². The lowest BCUT2D eigenvalue weighted by Gasteiger charge is -2.03. The summed E-state index contributed by atoms with van der Waals surface area (Å²) in [4.78, 5) is 4.44. The largest absolute Gasteiger partial charge is 0.440 e. The molecule has 2 heterocycles. The third-order valence-corrected chi connectivity index (χ3v) is 4.83. The number of rotatable bonds is 4. The highest BCUT2D eigenvalue weighted by Crippen LogP contribution is 2.26. The Labute approximate surface area is 150 Å². The summed E-state index contributed by atoms with van der Waals surface area (Å²) in [6, 6.07) is 15.4. The highest BCUT2D eigenvalue weighted by molar-refractivity contribution is 9.10. The van der Waals surface area contributed by atoms with E-state index in [-0.39, 0.29) is 0 Å². The first kappa shape index (κ1) is 15.2. The van der Waals surface area contributed by atoms with Gasteiger partial charge in [-0.05, 0) is 24.3 Å². The Hall–Kier alpha value is -2.32. The second-order valence-corrected chi connectivity index (χ2v) is 6.91. The summed E-state index contributed by atoms with van der Waals surface area (Å²) in [5.74, 6) is 7.90. The van der Waals surface area contributed by atoms with Gasteiger partial charge in [-0.15, -0.1) is 10.2 Å². The lowest BCUT2D eigenvalue weighted by atomic mass is 10.2. The zero-order valence-corrected chi connectivity index (χ0v) is 14.8. The van der Waals surface area contributed by atoms with E-state index in [1.807, 2.05) is 48.5 Å². The molecule has 8 heteroatoms. The smallest absolute Gasteiger partial charge is 0.210 e. The van der Waals surface area contributed by atoms with E-state index in [0.717, 1.165) is 21.1 Å². The van der Waals surface area contributed by atoms with Gasteiger partial charge in [-0.2, -0.15) is 0 Å². The molecule has 2 aromatic heterocycles. The molecule has 2 N–H and O–H groups in total. The Bertz CT molecular complexity index is 980. The number of nitrogens with zero attached hydrogens (tertiary/aromatic N) is 4. The van der Waals surface area contributed by atoms with Gasteiger partial charge >= 0.3 is 0 Å². The zero-order chi connectivity index (χ0) is 16.5. The molecule has 4 rings (SSSR count). The molecule has 0 saturated carbocycles. The van der Waals surface area contributed by atoms with Gasteiger partial charge in [-0.25, -0.2) is 9.66 Å². The third kappa shape index (κ3) is 2.90. The van der Waals surface area contributed by atoms with Crippen LogP contribution in [0.5, 0.6) is 0 Å². The monoisotopic (exact) mass is 401 g/mol. The number of benzene rings is 2. The molecule has 0 aliphatic heterocycles. The number of para-hydroxylation sites is 2. The number of fused-ring (bicyclic) bond motifs is 1. The molecule has 0 radical (unpaired) electrons. The van der Waals surface area contributed by atoms with E-state index < -0.39 is 0 Å². The number of hydrogen-bond donors (Lipinski definition) is 1. The van der Waals surface area contributed by atoms with Crippen molar-refractivity contribution >= 4 is 38.8 Å². The standard InChI is InChI=1S/C16H12BrN5OS/c17-11-5-3-4-10(8-11)15-20-21-16(22(15)18)24-9-14-19-12-6-1-2-7-13(12)23-14/h1-8H,9,18H2. The maximum Gasteiger partial charge on any atom is 0.210 e. The first-order chi connectivity index (χ1) is 11.7. The van der Waals surface area contributed by atoms with Crippen LogP contribution in [-0.2, 0) is 5.75 Å². The fraction of sp³-hybridized carbons (Fsp3) is 0.0625. The van der Waals surface area contributed by atoms with E-state index in [9.17, 15) is 0 Å². The van der Waals surface area contributed by atoms with Crippen LogP contribution in [0.1, 0.15) is 5.89 Å². The van der Waals surface area contributed by atoms with Crippen molar-refractivity contribution < 1.29 is 4.42 Å². The van der Waals surface area contributed by atoms with Gasteiger partial charge in [0.1, 0.15) is 5.52 Å². The maximum absolute atomic E-state index is 6.13. The average Bonchev–Trinajstić information content (AvgIpc) is 3.16. The van der Waals surface area contributed by atoms with Crippen LogP contribution in [0.4, 0.5) is 0 Å². The van der Waals surface area contributed by atoms with Crippen LogP contribution in [0, 0.1) is 0 Å². The molecule has 0 aliphatic carbocycles. The molecule has 0 spiro atoms. The van der Waals surface area contributed by atoms with Crippen molar-refractivity contribution in [2.45, 2.75) is 10.9 Å². The summed E-state index contributed by atoms with van der Waals surface area (Å²) in [7, 11) is 0. The van der Waals surface area contributed by atoms with Crippen LogP contribution < -0.4 is 5.84 Å². The van der Waals surface area contributed by atoms with Crippen molar-refractivity contribution in [2.24, 2.45) is 0 Å². The van der Waals surface area contributed by atoms with Crippen molar-refractivity contribution in [1.29, 1.82) is 0 Å². The van der Waals surface area contributed by atoms with E-state index in [1.54, 1.807) is 0 Å². The van der Waals surface area contributed by atoms with Gasteiger partial charge in [-0.1, -0.05) is 52.0 Å². The SMILES string of the molecule is Nn1c(SCc2nc3ccccc3o2)nnc1-c1cccc(Br)c1. The van der Waals surface area contributed by atoms with E-state index in [2.05, 4.69) is 31.1 Å². The van der Waals surface area contributed by atoms with Crippen LogP contribution in [0.25, 0.3) is 22.5 Å². The summed E-state index contributed by atoms with van der Waals surface area (Å²) in [5, 5.41) is 8.94. The van der Waals surface area contributed by atoms with E-state index in [0.29, 0.717) is 22.6 Å². The molecule has 0 saturated heterocycles. The van der Waals surface area contributed by atoms with Crippen molar-refractivity contribution in [2.75, 3.05) is 5.84 Å². The minimum atomic E-state index is 0.530. The van der Waals surface area contributed by atoms with Gasteiger partial charge in [0.05, 0.1) is 5.75 Å². The molecular weight excluding hydrogens is 390 g/mol. The number of nitrogen functional groups attached to an aromatic ring is 1. The number of aromatic nitrogens is 4. The predicted octanol–water partition coefficient (Wildman–Crippen LogP) is 3.85.